The zero-order chi connectivity index (χ0) is 11.5. The minimum absolute atomic E-state index is 0.304. The Kier molecular flexibility index (Phi) is 4.50. The average Bonchev–Trinajstić information content (AvgIpc) is 2.16. The number of rotatable bonds is 4. The van der Waals surface area contributed by atoms with Crippen molar-refractivity contribution in [3.05, 3.63) is 0 Å². The summed E-state index contributed by atoms with van der Waals surface area (Å²) in [5.41, 5.74) is 6.17. The fourth-order valence-electron chi connectivity index (χ4n) is 2.11. The van der Waals surface area contributed by atoms with Crippen LogP contribution in [0.5, 0.6) is 0 Å². The van der Waals surface area contributed by atoms with Gasteiger partial charge in [0.15, 0.2) is 0 Å². The minimum atomic E-state index is 0.304. The molecular formula is C12H26N2S. The van der Waals surface area contributed by atoms with Gasteiger partial charge in [-0.15, -0.1) is 0 Å². The van der Waals surface area contributed by atoms with E-state index < -0.39 is 0 Å². The Morgan fingerprint density at radius 3 is 2.60 bits per heavy atom. The second-order valence-corrected chi connectivity index (χ2v) is 7.49. The fraction of sp³-hybridized carbons (Fsp3) is 1.00. The van der Waals surface area contributed by atoms with Crippen LogP contribution in [0.2, 0.25) is 0 Å². The number of hydrogen-bond acceptors (Lipinski definition) is 3. The fourth-order valence-corrected chi connectivity index (χ4v) is 3.29. The summed E-state index contributed by atoms with van der Waals surface area (Å²) in [5, 5.41) is 0. The molecule has 0 aromatic carbocycles. The molecule has 0 aromatic heterocycles. The molecule has 1 aliphatic heterocycles. The van der Waals surface area contributed by atoms with Crippen molar-refractivity contribution in [3.63, 3.8) is 0 Å². The summed E-state index contributed by atoms with van der Waals surface area (Å²) >= 11 is 2.09. The third kappa shape index (κ3) is 3.97. The van der Waals surface area contributed by atoms with E-state index in [-0.39, 0.29) is 0 Å². The summed E-state index contributed by atoms with van der Waals surface area (Å²) in [6.45, 7) is 13.6. The lowest BCUT2D eigenvalue weighted by Gasteiger charge is -2.41. The summed E-state index contributed by atoms with van der Waals surface area (Å²) in [5.74, 6) is 1.26. The maximum Gasteiger partial charge on any atom is 0.0231 e. The lowest BCUT2D eigenvalue weighted by atomic mass is 9.87. The van der Waals surface area contributed by atoms with E-state index in [0.29, 0.717) is 10.2 Å². The summed E-state index contributed by atoms with van der Waals surface area (Å²) in [6, 6.07) is 0. The van der Waals surface area contributed by atoms with Gasteiger partial charge in [0, 0.05) is 30.1 Å². The van der Waals surface area contributed by atoms with Crippen LogP contribution in [0.3, 0.4) is 0 Å². The van der Waals surface area contributed by atoms with Gasteiger partial charge in [0.1, 0.15) is 0 Å². The molecule has 90 valence electrons. The first-order valence-corrected chi connectivity index (χ1v) is 6.96. The molecule has 0 radical (unpaired) electrons. The molecule has 0 aliphatic carbocycles. The smallest absolute Gasteiger partial charge is 0.0231 e. The van der Waals surface area contributed by atoms with Crippen molar-refractivity contribution in [1.29, 1.82) is 0 Å². The summed E-state index contributed by atoms with van der Waals surface area (Å²) < 4.78 is 0.418. The molecule has 0 aromatic rings. The molecule has 0 bridgehead atoms. The molecule has 1 heterocycles. The largest absolute Gasteiger partial charge is 0.330 e. The molecule has 1 saturated heterocycles. The Bertz CT molecular complexity index is 200. The predicted octanol–water partition coefficient (Wildman–Crippen LogP) is 2.19. The highest BCUT2D eigenvalue weighted by Gasteiger charge is 2.31. The number of nitrogens with two attached hydrogens (primary N) is 1. The first kappa shape index (κ1) is 13.3. The first-order chi connectivity index (χ1) is 6.91. The lowest BCUT2D eigenvalue weighted by molar-refractivity contribution is 0.158. The maximum absolute atomic E-state index is 5.87. The van der Waals surface area contributed by atoms with Gasteiger partial charge in [-0.3, -0.25) is 0 Å². The summed E-state index contributed by atoms with van der Waals surface area (Å²) in [7, 11) is 0. The van der Waals surface area contributed by atoms with Crippen LogP contribution in [0.25, 0.3) is 0 Å². The van der Waals surface area contributed by atoms with E-state index in [1.54, 1.807) is 0 Å². The van der Waals surface area contributed by atoms with E-state index in [1.165, 1.54) is 25.3 Å². The zero-order valence-corrected chi connectivity index (χ0v) is 11.5. The Hall–Kier alpha value is 0.270. The highest BCUT2D eigenvalue weighted by Crippen LogP contribution is 2.31. The third-order valence-electron chi connectivity index (χ3n) is 3.46. The monoisotopic (exact) mass is 230 g/mol. The Morgan fingerprint density at radius 2 is 2.13 bits per heavy atom. The van der Waals surface area contributed by atoms with Crippen LogP contribution in [0.15, 0.2) is 0 Å². The van der Waals surface area contributed by atoms with Gasteiger partial charge in [-0.1, -0.05) is 13.8 Å². The van der Waals surface area contributed by atoms with Gasteiger partial charge in [0.2, 0.25) is 0 Å². The normalized spacial score (nSPS) is 26.2. The van der Waals surface area contributed by atoms with Crippen LogP contribution < -0.4 is 5.73 Å². The Labute approximate surface area is 99.0 Å². The van der Waals surface area contributed by atoms with Crippen molar-refractivity contribution < 1.29 is 0 Å². The molecule has 1 fully saturated rings. The number of hydrogen-bond donors (Lipinski definition) is 1. The molecule has 1 aliphatic rings. The topological polar surface area (TPSA) is 29.3 Å². The van der Waals surface area contributed by atoms with Crippen LogP contribution in [0.4, 0.5) is 0 Å². The molecule has 15 heavy (non-hydrogen) atoms. The van der Waals surface area contributed by atoms with Crippen molar-refractivity contribution in [3.8, 4) is 0 Å². The first-order valence-electron chi connectivity index (χ1n) is 5.97. The van der Waals surface area contributed by atoms with Crippen molar-refractivity contribution in [1.82, 2.24) is 4.90 Å². The minimum Gasteiger partial charge on any atom is -0.330 e. The summed E-state index contributed by atoms with van der Waals surface area (Å²) in [6.07, 6.45) is 1.17. The lowest BCUT2D eigenvalue weighted by Crippen LogP contribution is -2.48. The van der Waals surface area contributed by atoms with Crippen LogP contribution in [-0.4, -0.2) is 41.6 Å². The number of thioether (sulfide) groups is 1. The van der Waals surface area contributed by atoms with Gasteiger partial charge >= 0.3 is 0 Å². The van der Waals surface area contributed by atoms with E-state index in [0.717, 1.165) is 13.1 Å². The average molecular weight is 230 g/mol. The zero-order valence-electron chi connectivity index (χ0n) is 10.7. The van der Waals surface area contributed by atoms with Gasteiger partial charge in [0.25, 0.3) is 0 Å². The van der Waals surface area contributed by atoms with E-state index >= 15 is 0 Å². The van der Waals surface area contributed by atoms with Gasteiger partial charge < -0.3 is 10.6 Å². The van der Waals surface area contributed by atoms with E-state index in [1.807, 2.05) is 0 Å². The second kappa shape index (κ2) is 5.07. The maximum atomic E-state index is 5.87. The van der Waals surface area contributed by atoms with Gasteiger partial charge in [-0.2, -0.15) is 11.8 Å². The SMILES string of the molecule is CCC(C)(CN)CN1CCSC(C)(C)C1. The molecule has 0 spiro atoms. The molecule has 1 unspecified atom stereocenters. The predicted molar refractivity (Wildman–Crippen MR) is 70.4 cm³/mol. The van der Waals surface area contributed by atoms with E-state index in [9.17, 15) is 0 Å². The molecule has 1 rings (SSSR count). The van der Waals surface area contributed by atoms with Crippen molar-refractivity contribution >= 4 is 11.8 Å². The molecule has 0 saturated carbocycles. The highest BCUT2D eigenvalue weighted by molar-refractivity contribution is 8.00. The molecule has 2 N–H and O–H groups in total. The van der Waals surface area contributed by atoms with Crippen molar-refractivity contribution in [2.24, 2.45) is 11.1 Å². The van der Waals surface area contributed by atoms with Crippen molar-refractivity contribution in [2.75, 3.05) is 31.9 Å². The van der Waals surface area contributed by atoms with Crippen LogP contribution in [-0.2, 0) is 0 Å². The van der Waals surface area contributed by atoms with Crippen LogP contribution >= 0.6 is 11.8 Å². The van der Waals surface area contributed by atoms with Gasteiger partial charge in [-0.25, -0.2) is 0 Å². The van der Waals surface area contributed by atoms with Crippen LogP contribution in [0.1, 0.15) is 34.1 Å². The van der Waals surface area contributed by atoms with Gasteiger partial charge in [-0.05, 0) is 32.2 Å². The quantitative estimate of drug-likeness (QED) is 0.803. The van der Waals surface area contributed by atoms with Gasteiger partial charge in [0.05, 0.1) is 0 Å². The molecule has 1 atom stereocenters. The second-order valence-electron chi connectivity index (χ2n) is 5.69. The standard InChI is InChI=1S/C12H26N2S/c1-5-12(4,8-13)10-14-6-7-15-11(2,3)9-14/h5-10,13H2,1-4H3. The highest BCUT2D eigenvalue weighted by atomic mass is 32.2. The molecule has 0 amide bonds. The molecule has 2 nitrogen and oxygen atoms in total. The number of nitrogens with zero attached hydrogens (tertiary/aromatic N) is 1. The third-order valence-corrected chi connectivity index (χ3v) is 4.75. The van der Waals surface area contributed by atoms with E-state index in [4.69, 9.17) is 5.73 Å². The summed E-state index contributed by atoms with van der Waals surface area (Å²) in [4.78, 5) is 2.59. The van der Waals surface area contributed by atoms with E-state index in [2.05, 4.69) is 44.4 Å². The Morgan fingerprint density at radius 1 is 1.47 bits per heavy atom. The Balaban J connectivity index is 2.51. The van der Waals surface area contributed by atoms with Crippen LogP contribution in [0, 0.1) is 5.41 Å². The molecule has 3 heteroatoms. The molecular weight excluding hydrogens is 204 g/mol. The van der Waals surface area contributed by atoms with Crippen molar-refractivity contribution in [2.45, 2.75) is 38.9 Å².